The number of rotatable bonds is 5. The Hall–Kier alpha value is -2.02. The predicted molar refractivity (Wildman–Crippen MR) is 95.5 cm³/mol. The molecule has 0 aliphatic rings. The van der Waals surface area contributed by atoms with Crippen molar-refractivity contribution in [3.05, 3.63) is 58.6 Å². The zero-order valence-electron chi connectivity index (χ0n) is 12.2. The van der Waals surface area contributed by atoms with E-state index in [-0.39, 0.29) is 11.7 Å². The monoisotopic (exact) mass is 379 g/mol. The van der Waals surface area contributed by atoms with E-state index in [4.69, 9.17) is 27.6 Å². The van der Waals surface area contributed by atoms with Crippen LogP contribution in [-0.4, -0.2) is 21.9 Å². The minimum Gasteiger partial charge on any atom is -0.411 e. The minimum atomic E-state index is -0.233. The number of hydrogen-bond acceptors (Lipinski definition) is 5. The number of hydrogen-bond donors (Lipinski definition) is 1. The topological polar surface area (TPSA) is 68.0 Å². The highest BCUT2D eigenvalue weighted by molar-refractivity contribution is 7.99. The average Bonchev–Trinajstić information content (AvgIpc) is 3.05. The van der Waals surface area contributed by atoms with Gasteiger partial charge in [0, 0.05) is 10.6 Å². The lowest BCUT2D eigenvalue weighted by atomic mass is 10.2. The van der Waals surface area contributed by atoms with E-state index in [2.05, 4.69) is 15.5 Å². The van der Waals surface area contributed by atoms with Crippen molar-refractivity contribution < 1.29 is 9.21 Å². The minimum absolute atomic E-state index is 0.120. The molecular formula is C16H11Cl2N3O2S. The molecule has 0 saturated carbocycles. The largest absolute Gasteiger partial charge is 0.411 e. The summed E-state index contributed by atoms with van der Waals surface area (Å²) in [5.74, 6) is 0.304. The van der Waals surface area contributed by atoms with Crippen LogP contribution in [0.5, 0.6) is 0 Å². The molecule has 1 amide bonds. The van der Waals surface area contributed by atoms with Crippen molar-refractivity contribution in [3.8, 4) is 11.5 Å². The third kappa shape index (κ3) is 4.29. The van der Waals surface area contributed by atoms with Gasteiger partial charge >= 0.3 is 0 Å². The number of anilines is 1. The lowest BCUT2D eigenvalue weighted by Crippen LogP contribution is -2.14. The Bertz CT molecular complexity index is 856. The van der Waals surface area contributed by atoms with Gasteiger partial charge in [-0.15, -0.1) is 10.2 Å². The summed E-state index contributed by atoms with van der Waals surface area (Å²) in [5, 5.41) is 11.8. The van der Waals surface area contributed by atoms with Crippen LogP contribution in [0.25, 0.3) is 11.5 Å². The standard InChI is InChI=1S/C16H11Cl2N3O2S/c17-11-6-7-13(12(18)8-11)19-14(22)9-24-16-21-20-15(23-16)10-4-2-1-3-5-10/h1-8H,9H2,(H,19,22). The van der Waals surface area contributed by atoms with E-state index >= 15 is 0 Å². The lowest BCUT2D eigenvalue weighted by Gasteiger charge is -2.06. The van der Waals surface area contributed by atoms with Crippen LogP contribution in [0.15, 0.2) is 58.2 Å². The van der Waals surface area contributed by atoms with Crippen molar-refractivity contribution in [2.24, 2.45) is 0 Å². The lowest BCUT2D eigenvalue weighted by molar-refractivity contribution is -0.113. The van der Waals surface area contributed by atoms with Crippen molar-refractivity contribution in [2.75, 3.05) is 11.1 Å². The fourth-order valence-corrected chi connectivity index (χ4v) is 2.89. The second-order valence-electron chi connectivity index (χ2n) is 4.70. The third-order valence-corrected chi connectivity index (χ3v) is 4.33. The molecule has 3 aromatic rings. The molecule has 8 heteroatoms. The predicted octanol–water partition coefficient (Wildman–Crippen LogP) is 4.77. The zero-order chi connectivity index (χ0) is 16.9. The van der Waals surface area contributed by atoms with Crippen LogP contribution >= 0.6 is 35.0 Å². The quantitative estimate of drug-likeness (QED) is 0.646. The van der Waals surface area contributed by atoms with Gasteiger partial charge in [-0.3, -0.25) is 4.79 Å². The van der Waals surface area contributed by atoms with Gasteiger partial charge in [0.25, 0.3) is 5.22 Å². The number of carbonyl (C=O) groups is 1. The van der Waals surface area contributed by atoms with Crippen LogP contribution in [0.2, 0.25) is 10.0 Å². The number of halogens is 2. The Morgan fingerprint density at radius 3 is 2.67 bits per heavy atom. The van der Waals surface area contributed by atoms with Crippen molar-refractivity contribution in [1.82, 2.24) is 10.2 Å². The molecule has 1 heterocycles. The highest BCUT2D eigenvalue weighted by Crippen LogP contribution is 2.26. The first-order valence-electron chi connectivity index (χ1n) is 6.88. The molecule has 3 rings (SSSR count). The van der Waals surface area contributed by atoms with E-state index in [9.17, 15) is 4.79 Å². The van der Waals surface area contributed by atoms with E-state index in [0.717, 1.165) is 17.3 Å². The summed E-state index contributed by atoms with van der Waals surface area (Å²) >= 11 is 13.0. The highest BCUT2D eigenvalue weighted by Gasteiger charge is 2.12. The first-order chi connectivity index (χ1) is 11.6. The van der Waals surface area contributed by atoms with E-state index < -0.39 is 0 Å². The second-order valence-corrected chi connectivity index (χ2v) is 6.47. The van der Waals surface area contributed by atoms with Crippen molar-refractivity contribution >= 4 is 46.6 Å². The van der Waals surface area contributed by atoms with Gasteiger partial charge in [0.1, 0.15) is 0 Å². The van der Waals surface area contributed by atoms with Gasteiger partial charge in [-0.05, 0) is 30.3 Å². The van der Waals surface area contributed by atoms with Gasteiger partial charge in [-0.1, -0.05) is 53.2 Å². The van der Waals surface area contributed by atoms with E-state index in [1.165, 1.54) is 0 Å². The maximum Gasteiger partial charge on any atom is 0.277 e. The number of carbonyl (C=O) groups excluding carboxylic acids is 1. The molecule has 0 unspecified atom stereocenters. The van der Waals surface area contributed by atoms with Crippen LogP contribution < -0.4 is 5.32 Å². The molecule has 0 radical (unpaired) electrons. The van der Waals surface area contributed by atoms with Crippen molar-refractivity contribution in [3.63, 3.8) is 0 Å². The number of thioether (sulfide) groups is 1. The molecule has 0 atom stereocenters. The molecule has 0 spiro atoms. The van der Waals surface area contributed by atoms with Crippen LogP contribution in [0.1, 0.15) is 0 Å². The molecule has 2 aromatic carbocycles. The van der Waals surface area contributed by atoms with Gasteiger partial charge in [-0.2, -0.15) is 0 Å². The van der Waals surface area contributed by atoms with Crippen LogP contribution in [0.3, 0.4) is 0 Å². The number of nitrogens with one attached hydrogen (secondary N) is 1. The van der Waals surface area contributed by atoms with Gasteiger partial charge < -0.3 is 9.73 Å². The summed E-state index contributed by atoms with van der Waals surface area (Å²) in [4.78, 5) is 12.0. The molecule has 0 bridgehead atoms. The zero-order valence-corrected chi connectivity index (χ0v) is 14.5. The molecule has 0 saturated heterocycles. The molecule has 0 aliphatic carbocycles. The summed E-state index contributed by atoms with van der Waals surface area (Å²) in [6, 6.07) is 14.3. The van der Waals surface area contributed by atoms with Gasteiger partial charge in [0.05, 0.1) is 16.5 Å². The first kappa shape index (κ1) is 16.8. The average molecular weight is 380 g/mol. The number of benzene rings is 2. The maximum absolute atomic E-state index is 12.0. The number of nitrogens with zero attached hydrogens (tertiary/aromatic N) is 2. The van der Waals surface area contributed by atoms with Gasteiger partial charge in [-0.25, -0.2) is 0 Å². The van der Waals surface area contributed by atoms with Gasteiger partial charge in [0.15, 0.2) is 0 Å². The Balaban J connectivity index is 1.58. The fourth-order valence-electron chi connectivity index (χ4n) is 1.87. The smallest absolute Gasteiger partial charge is 0.277 e. The Labute approximate surface area is 152 Å². The number of amides is 1. The summed E-state index contributed by atoms with van der Waals surface area (Å²) in [7, 11) is 0. The first-order valence-corrected chi connectivity index (χ1v) is 8.62. The van der Waals surface area contributed by atoms with Crippen molar-refractivity contribution in [1.29, 1.82) is 0 Å². The maximum atomic E-state index is 12.0. The van der Waals surface area contributed by atoms with Crippen molar-refractivity contribution in [2.45, 2.75) is 5.22 Å². The van der Waals surface area contributed by atoms with Gasteiger partial charge in [0.2, 0.25) is 11.8 Å². The third-order valence-electron chi connectivity index (χ3n) is 2.96. The summed E-state index contributed by atoms with van der Waals surface area (Å²) in [6.45, 7) is 0. The van der Waals surface area contributed by atoms with Crippen LogP contribution in [0, 0.1) is 0 Å². The summed E-state index contributed by atoms with van der Waals surface area (Å²) in [5.41, 5.74) is 1.33. The molecule has 1 aromatic heterocycles. The van der Waals surface area contributed by atoms with E-state index in [1.807, 2.05) is 30.3 Å². The Morgan fingerprint density at radius 1 is 1.12 bits per heavy atom. The van der Waals surface area contributed by atoms with E-state index in [0.29, 0.717) is 26.8 Å². The Kier molecular flexibility index (Phi) is 5.40. The molecule has 122 valence electrons. The van der Waals surface area contributed by atoms with E-state index in [1.54, 1.807) is 18.2 Å². The molecular weight excluding hydrogens is 369 g/mol. The normalized spacial score (nSPS) is 10.6. The molecule has 24 heavy (non-hydrogen) atoms. The van der Waals surface area contributed by atoms with Crippen LogP contribution in [-0.2, 0) is 4.79 Å². The molecule has 0 fully saturated rings. The fraction of sp³-hybridized carbons (Fsp3) is 0.0625. The molecule has 0 aliphatic heterocycles. The molecule has 1 N–H and O–H groups in total. The SMILES string of the molecule is O=C(CSc1nnc(-c2ccccc2)o1)Nc1ccc(Cl)cc1Cl. The summed E-state index contributed by atoms with van der Waals surface area (Å²) in [6.07, 6.45) is 0. The second kappa shape index (κ2) is 7.70. The number of aromatic nitrogens is 2. The highest BCUT2D eigenvalue weighted by atomic mass is 35.5. The van der Waals surface area contributed by atoms with Crippen LogP contribution in [0.4, 0.5) is 5.69 Å². The summed E-state index contributed by atoms with van der Waals surface area (Å²) < 4.78 is 5.53. The molecule has 5 nitrogen and oxygen atoms in total. The Morgan fingerprint density at radius 2 is 1.92 bits per heavy atom.